The predicted molar refractivity (Wildman–Crippen MR) is 57.7 cm³/mol. The van der Waals surface area contributed by atoms with Crippen LogP contribution < -0.4 is 10.2 Å². The fraction of sp³-hybridized carbons (Fsp3) is 0.364. The van der Waals surface area contributed by atoms with Gasteiger partial charge in [0.2, 0.25) is 5.91 Å². The van der Waals surface area contributed by atoms with Crippen molar-refractivity contribution in [2.24, 2.45) is 0 Å². The first kappa shape index (κ1) is 9.06. The molecule has 0 unspecified atom stereocenters. The first-order chi connectivity index (χ1) is 6.74. The highest BCUT2D eigenvalue weighted by Crippen LogP contribution is 2.32. The van der Waals surface area contributed by atoms with Gasteiger partial charge in [0, 0.05) is 7.05 Å². The molecule has 74 valence electrons. The minimum atomic E-state index is 0.124. The van der Waals surface area contributed by atoms with E-state index in [0.29, 0.717) is 6.54 Å². The summed E-state index contributed by atoms with van der Waals surface area (Å²) in [5, 5.41) is 3.13. The number of benzene rings is 1. The second-order valence-corrected chi connectivity index (χ2v) is 3.47. The molecular weight excluding hydrogens is 176 g/mol. The van der Waals surface area contributed by atoms with Gasteiger partial charge in [-0.05, 0) is 18.1 Å². The van der Waals surface area contributed by atoms with Crippen LogP contribution in [-0.4, -0.2) is 19.5 Å². The molecule has 1 amide bonds. The SMILES string of the molecule is CCc1cccc2c1N(C)C(=O)CN2. The number of anilines is 2. The van der Waals surface area contributed by atoms with Crippen LogP contribution in [0.4, 0.5) is 11.4 Å². The molecular formula is C11H14N2O. The maximum Gasteiger partial charge on any atom is 0.246 e. The van der Waals surface area contributed by atoms with Gasteiger partial charge in [-0.1, -0.05) is 19.1 Å². The number of fused-ring (bicyclic) bond motifs is 1. The van der Waals surface area contributed by atoms with E-state index in [1.807, 2.05) is 19.2 Å². The number of hydrogen-bond acceptors (Lipinski definition) is 2. The van der Waals surface area contributed by atoms with Gasteiger partial charge < -0.3 is 10.2 Å². The molecule has 1 aromatic carbocycles. The van der Waals surface area contributed by atoms with Crippen LogP contribution in [0.1, 0.15) is 12.5 Å². The van der Waals surface area contributed by atoms with E-state index < -0.39 is 0 Å². The molecule has 0 radical (unpaired) electrons. The number of amides is 1. The lowest BCUT2D eigenvalue weighted by atomic mass is 10.1. The van der Waals surface area contributed by atoms with E-state index >= 15 is 0 Å². The van der Waals surface area contributed by atoms with Crippen LogP contribution >= 0.6 is 0 Å². The van der Waals surface area contributed by atoms with Gasteiger partial charge in [-0.15, -0.1) is 0 Å². The number of nitrogens with zero attached hydrogens (tertiary/aromatic N) is 1. The summed E-state index contributed by atoms with van der Waals surface area (Å²) < 4.78 is 0. The summed E-state index contributed by atoms with van der Waals surface area (Å²) in [4.78, 5) is 13.2. The monoisotopic (exact) mass is 190 g/mol. The molecule has 3 nitrogen and oxygen atoms in total. The van der Waals surface area contributed by atoms with E-state index in [4.69, 9.17) is 0 Å². The molecule has 0 aromatic heterocycles. The second kappa shape index (κ2) is 3.33. The Morgan fingerprint density at radius 1 is 1.50 bits per heavy atom. The van der Waals surface area contributed by atoms with Crippen molar-refractivity contribution < 1.29 is 4.79 Å². The van der Waals surface area contributed by atoms with Crippen molar-refractivity contribution in [3.8, 4) is 0 Å². The zero-order valence-corrected chi connectivity index (χ0v) is 8.50. The van der Waals surface area contributed by atoms with E-state index in [1.54, 1.807) is 4.90 Å². The lowest BCUT2D eigenvalue weighted by Crippen LogP contribution is -2.37. The molecule has 0 spiro atoms. The molecule has 1 heterocycles. The highest BCUT2D eigenvalue weighted by atomic mass is 16.2. The molecule has 0 fully saturated rings. The van der Waals surface area contributed by atoms with Crippen molar-refractivity contribution in [3.63, 3.8) is 0 Å². The average molecular weight is 190 g/mol. The van der Waals surface area contributed by atoms with Gasteiger partial charge >= 0.3 is 0 Å². The molecule has 3 heteroatoms. The van der Waals surface area contributed by atoms with Crippen LogP contribution in [-0.2, 0) is 11.2 Å². The summed E-state index contributed by atoms with van der Waals surface area (Å²) in [6, 6.07) is 6.10. The lowest BCUT2D eigenvalue weighted by Gasteiger charge is -2.28. The molecule has 1 aliphatic rings. The smallest absolute Gasteiger partial charge is 0.246 e. The Balaban J connectivity index is 2.55. The predicted octanol–water partition coefficient (Wildman–Crippen LogP) is 1.64. The maximum absolute atomic E-state index is 11.5. The zero-order chi connectivity index (χ0) is 10.1. The molecule has 0 atom stereocenters. The van der Waals surface area contributed by atoms with Crippen molar-refractivity contribution >= 4 is 17.3 Å². The Kier molecular flexibility index (Phi) is 2.15. The van der Waals surface area contributed by atoms with Gasteiger partial charge in [0.25, 0.3) is 0 Å². The molecule has 0 aliphatic carbocycles. The van der Waals surface area contributed by atoms with Crippen LogP contribution in [0, 0.1) is 0 Å². The lowest BCUT2D eigenvalue weighted by molar-refractivity contribution is -0.116. The first-order valence-corrected chi connectivity index (χ1v) is 4.86. The number of carbonyl (C=O) groups is 1. The number of rotatable bonds is 1. The second-order valence-electron chi connectivity index (χ2n) is 3.47. The number of carbonyl (C=O) groups excluding carboxylic acids is 1. The minimum Gasteiger partial charge on any atom is -0.374 e. The quantitative estimate of drug-likeness (QED) is 0.730. The van der Waals surface area contributed by atoms with E-state index in [9.17, 15) is 4.79 Å². The Morgan fingerprint density at radius 2 is 2.29 bits per heavy atom. The molecule has 1 N–H and O–H groups in total. The van der Waals surface area contributed by atoms with E-state index in [0.717, 1.165) is 17.8 Å². The molecule has 0 bridgehead atoms. The third kappa shape index (κ3) is 1.25. The molecule has 1 aromatic rings. The largest absolute Gasteiger partial charge is 0.374 e. The van der Waals surface area contributed by atoms with Crippen LogP contribution in [0.15, 0.2) is 18.2 Å². The van der Waals surface area contributed by atoms with Crippen molar-refractivity contribution in [1.82, 2.24) is 0 Å². The third-order valence-corrected chi connectivity index (χ3v) is 2.64. The maximum atomic E-state index is 11.5. The Labute approximate surface area is 83.7 Å². The number of nitrogens with one attached hydrogen (secondary N) is 1. The number of hydrogen-bond donors (Lipinski definition) is 1. The summed E-state index contributed by atoms with van der Waals surface area (Å²) in [6.07, 6.45) is 0.947. The van der Waals surface area contributed by atoms with E-state index in [1.165, 1.54) is 5.56 Å². The summed E-state index contributed by atoms with van der Waals surface area (Å²) in [6.45, 7) is 2.50. The Bertz CT molecular complexity index is 359. The van der Waals surface area contributed by atoms with Gasteiger partial charge in [0.15, 0.2) is 0 Å². The topological polar surface area (TPSA) is 32.3 Å². The van der Waals surface area contributed by atoms with Crippen LogP contribution in [0.5, 0.6) is 0 Å². The third-order valence-electron chi connectivity index (χ3n) is 2.64. The fourth-order valence-corrected chi connectivity index (χ4v) is 1.83. The van der Waals surface area contributed by atoms with Crippen molar-refractivity contribution in [3.05, 3.63) is 23.8 Å². The van der Waals surface area contributed by atoms with Crippen LogP contribution in [0.25, 0.3) is 0 Å². The average Bonchev–Trinajstić information content (AvgIpc) is 2.23. The van der Waals surface area contributed by atoms with E-state index in [2.05, 4.69) is 18.3 Å². The number of likely N-dealkylation sites (N-methyl/N-ethyl adjacent to an activating group) is 1. The standard InChI is InChI=1S/C11H14N2O/c1-3-8-5-4-6-9-11(8)13(2)10(14)7-12-9/h4-6,12H,3,7H2,1-2H3. The number of aryl methyl sites for hydroxylation is 1. The van der Waals surface area contributed by atoms with Crippen LogP contribution in [0.2, 0.25) is 0 Å². The zero-order valence-electron chi connectivity index (χ0n) is 8.50. The minimum absolute atomic E-state index is 0.124. The summed E-state index contributed by atoms with van der Waals surface area (Å²) in [5.41, 5.74) is 3.31. The van der Waals surface area contributed by atoms with Gasteiger partial charge in [0.05, 0.1) is 17.9 Å². The van der Waals surface area contributed by atoms with Crippen LogP contribution in [0.3, 0.4) is 0 Å². The summed E-state index contributed by atoms with van der Waals surface area (Å²) >= 11 is 0. The number of para-hydroxylation sites is 1. The normalized spacial score (nSPS) is 15.0. The molecule has 0 saturated carbocycles. The molecule has 2 rings (SSSR count). The first-order valence-electron chi connectivity index (χ1n) is 4.86. The van der Waals surface area contributed by atoms with E-state index in [-0.39, 0.29) is 5.91 Å². The van der Waals surface area contributed by atoms with Crippen molar-refractivity contribution in [1.29, 1.82) is 0 Å². The highest BCUT2D eigenvalue weighted by molar-refractivity contribution is 6.03. The molecule has 14 heavy (non-hydrogen) atoms. The Morgan fingerprint density at radius 3 is 3.00 bits per heavy atom. The fourth-order valence-electron chi connectivity index (χ4n) is 1.83. The van der Waals surface area contributed by atoms with Gasteiger partial charge in [-0.25, -0.2) is 0 Å². The highest BCUT2D eigenvalue weighted by Gasteiger charge is 2.21. The van der Waals surface area contributed by atoms with Gasteiger partial charge in [-0.3, -0.25) is 4.79 Å². The molecule has 1 aliphatic heterocycles. The van der Waals surface area contributed by atoms with Gasteiger partial charge in [0.1, 0.15) is 0 Å². The Hall–Kier alpha value is -1.51. The summed E-state index contributed by atoms with van der Waals surface area (Å²) in [7, 11) is 1.83. The van der Waals surface area contributed by atoms with Crippen molar-refractivity contribution in [2.45, 2.75) is 13.3 Å². The molecule has 0 saturated heterocycles. The van der Waals surface area contributed by atoms with Crippen molar-refractivity contribution in [2.75, 3.05) is 23.8 Å². The summed E-state index contributed by atoms with van der Waals surface area (Å²) in [5.74, 6) is 0.124. The van der Waals surface area contributed by atoms with Gasteiger partial charge in [-0.2, -0.15) is 0 Å².